The maximum absolute atomic E-state index is 11.4. The van der Waals surface area contributed by atoms with E-state index in [0.29, 0.717) is 17.8 Å². The Kier molecular flexibility index (Phi) is 2.63. The fourth-order valence-corrected chi connectivity index (χ4v) is 2.96. The number of aromatic nitrogens is 2. The summed E-state index contributed by atoms with van der Waals surface area (Å²) in [7, 11) is 0. The minimum Gasteiger partial charge on any atom is -0.354 e. The molecule has 5 heteroatoms. The number of hydrogen-bond donors (Lipinski definition) is 2. The lowest BCUT2D eigenvalue weighted by Crippen LogP contribution is -2.40. The van der Waals surface area contributed by atoms with Gasteiger partial charge in [0.25, 0.3) is 5.56 Å². The SMILES string of the molecule is Cc1nc(N2CC3CCCNC3C2)cc(=O)[nH]1. The fourth-order valence-electron chi connectivity index (χ4n) is 2.96. The van der Waals surface area contributed by atoms with Gasteiger partial charge >= 0.3 is 0 Å². The predicted molar refractivity (Wildman–Crippen MR) is 66.3 cm³/mol. The smallest absolute Gasteiger partial charge is 0.252 e. The van der Waals surface area contributed by atoms with E-state index in [4.69, 9.17) is 0 Å². The van der Waals surface area contributed by atoms with Crippen molar-refractivity contribution in [2.45, 2.75) is 25.8 Å². The van der Waals surface area contributed by atoms with Gasteiger partial charge in [0, 0.05) is 25.2 Å². The number of aromatic amines is 1. The van der Waals surface area contributed by atoms with Crippen molar-refractivity contribution in [2.75, 3.05) is 24.5 Å². The summed E-state index contributed by atoms with van der Waals surface area (Å²) in [5, 5.41) is 3.55. The van der Waals surface area contributed by atoms with Gasteiger partial charge in [0.15, 0.2) is 0 Å². The van der Waals surface area contributed by atoms with Gasteiger partial charge < -0.3 is 15.2 Å². The molecule has 2 saturated heterocycles. The Morgan fingerprint density at radius 2 is 2.35 bits per heavy atom. The Morgan fingerprint density at radius 1 is 1.47 bits per heavy atom. The molecule has 0 aliphatic carbocycles. The molecule has 1 aromatic heterocycles. The third-order valence-electron chi connectivity index (χ3n) is 3.77. The second kappa shape index (κ2) is 4.14. The third-order valence-corrected chi connectivity index (χ3v) is 3.77. The van der Waals surface area contributed by atoms with Gasteiger partial charge in [0.1, 0.15) is 11.6 Å². The first-order valence-electron chi connectivity index (χ1n) is 6.29. The molecule has 2 aliphatic rings. The summed E-state index contributed by atoms with van der Waals surface area (Å²) in [5.41, 5.74) is -0.0599. The summed E-state index contributed by atoms with van der Waals surface area (Å²) >= 11 is 0. The van der Waals surface area contributed by atoms with Crippen LogP contribution in [-0.2, 0) is 0 Å². The van der Waals surface area contributed by atoms with Crippen LogP contribution in [0.5, 0.6) is 0 Å². The molecule has 0 radical (unpaired) electrons. The highest BCUT2D eigenvalue weighted by Crippen LogP contribution is 2.27. The van der Waals surface area contributed by atoms with E-state index in [2.05, 4.69) is 20.2 Å². The molecule has 0 spiro atoms. The molecular formula is C12H18N4O. The largest absolute Gasteiger partial charge is 0.354 e. The zero-order valence-corrected chi connectivity index (χ0v) is 10.1. The van der Waals surface area contributed by atoms with Gasteiger partial charge in [-0.15, -0.1) is 0 Å². The van der Waals surface area contributed by atoms with Crippen molar-refractivity contribution in [1.29, 1.82) is 0 Å². The van der Waals surface area contributed by atoms with Crippen LogP contribution in [0.1, 0.15) is 18.7 Å². The molecule has 0 amide bonds. The molecule has 2 aliphatic heterocycles. The van der Waals surface area contributed by atoms with E-state index in [0.717, 1.165) is 25.5 Å². The molecule has 0 aromatic carbocycles. The number of nitrogens with one attached hydrogen (secondary N) is 2. The van der Waals surface area contributed by atoms with Gasteiger partial charge in [-0.1, -0.05) is 0 Å². The van der Waals surface area contributed by atoms with Gasteiger partial charge in [-0.2, -0.15) is 0 Å². The van der Waals surface area contributed by atoms with E-state index in [1.165, 1.54) is 12.8 Å². The van der Waals surface area contributed by atoms with Crippen LogP contribution in [0.4, 0.5) is 5.82 Å². The lowest BCUT2D eigenvalue weighted by molar-refractivity contribution is 0.340. The van der Waals surface area contributed by atoms with Crippen molar-refractivity contribution in [3.63, 3.8) is 0 Å². The summed E-state index contributed by atoms with van der Waals surface area (Å²) in [6.07, 6.45) is 2.55. The van der Waals surface area contributed by atoms with Crippen LogP contribution in [0.15, 0.2) is 10.9 Å². The molecule has 2 fully saturated rings. The Balaban J connectivity index is 1.83. The molecule has 3 rings (SSSR count). The molecule has 1 aromatic rings. The normalized spacial score (nSPS) is 28.2. The minimum absolute atomic E-state index is 0.0599. The van der Waals surface area contributed by atoms with E-state index < -0.39 is 0 Å². The first-order valence-corrected chi connectivity index (χ1v) is 6.29. The van der Waals surface area contributed by atoms with Crippen LogP contribution in [0.25, 0.3) is 0 Å². The van der Waals surface area contributed by atoms with E-state index in [9.17, 15) is 4.79 Å². The molecule has 17 heavy (non-hydrogen) atoms. The van der Waals surface area contributed by atoms with Gasteiger partial charge in [0.2, 0.25) is 0 Å². The fraction of sp³-hybridized carbons (Fsp3) is 0.667. The quantitative estimate of drug-likeness (QED) is 0.732. The van der Waals surface area contributed by atoms with Gasteiger partial charge in [-0.25, -0.2) is 4.98 Å². The minimum atomic E-state index is -0.0599. The maximum atomic E-state index is 11.4. The molecule has 2 unspecified atom stereocenters. The van der Waals surface area contributed by atoms with E-state index in [-0.39, 0.29) is 5.56 Å². The summed E-state index contributed by atoms with van der Waals surface area (Å²) < 4.78 is 0. The Bertz CT molecular complexity index is 456. The second-order valence-corrected chi connectivity index (χ2v) is 5.06. The zero-order valence-electron chi connectivity index (χ0n) is 10.1. The van der Waals surface area contributed by atoms with Gasteiger partial charge in [-0.3, -0.25) is 4.79 Å². The third kappa shape index (κ3) is 2.07. The zero-order chi connectivity index (χ0) is 11.8. The Labute approximate surface area is 100 Å². The van der Waals surface area contributed by atoms with Gasteiger partial charge in [0.05, 0.1) is 0 Å². The van der Waals surface area contributed by atoms with Crippen LogP contribution in [0.3, 0.4) is 0 Å². The second-order valence-electron chi connectivity index (χ2n) is 5.06. The average Bonchev–Trinajstić information content (AvgIpc) is 2.71. The standard InChI is InChI=1S/C12H18N4O/c1-8-14-11(5-12(17)15-8)16-6-9-3-2-4-13-10(9)7-16/h5,9-10,13H,2-4,6-7H2,1H3,(H,14,15,17). The maximum Gasteiger partial charge on any atom is 0.252 e. The molecule has 5 nitrogen and oxygen atoms in total. The molecule has 92 valence electrons. The highest BCUT2D eigenvalue weighted by Gasteiger charge is 2.34. The lowest BCUT2D eigenvalue weighted by Gasteiger charge is -2.24. The number of fused-ring (bicyclic) bond motifs is 1. The van der Waals surface area contributed by atoms with E-state index >= 15 is 0 Å². The highest BCUT2D eigenvalue weighted by atomic mass is 16.1. The van der Waals surface area contributed by atoms with Crippen molar-refractivity contribution >= 4 is 5.82 Å². The van der Waals surface area contributed by atoms with Crippen LogP contribution < -0.4 is 15.8 Å². The lowest BCUT2D eigenvalue weighted by atomic mass is 9.94. The summed E-state index contributed by atoms with van der Waals surface area (Å²) in [4.78, 5) is 20.8. The average molecular weight is 234 g/mol. The predicted octanol–water partition coefficient (Wildman–Crippen LogP) is 0.267. The van der Waals surface area contributed by atoms with Crippen LogP contribution >= 0.6 is 0 Å². The Hall–Kier alpha value is -1.36. The molecule has 2 atom stereocenters. The molecule has 0 bridgehead atoms. The number of piperidine rings is 1. The number of H-pyrrole nitrogens is 1. The molecule has 2 N–H and O–H groups in total. The number of nitrogens with zero attached hydrogens (tertiary/aromatic N) is 2. The first kappa shape index (κ1) is 10.8. The first-order chi connectivity index (χ1) is 8.22. The Morgan fingerprint density at radius 3 is 3.12 bits per heavy atom. The summed E-state index contributed by atoms with van der Waals surface area (Å²) in [6, 6.07) is 2.18. The van der Waals surface area contributed by atoms with Crippen LogP contribution in [0, 0.1) is 12.8 Å². The molecule has 3 heterocycles. The number of rotatable bonds is 1. The van der Waals surface area contributed by atoms with Crippen LogP contribution in [0.2, 0.25) is 0 Å². The highest BCUT2D eigenvalue weighted by molar-refractivity contribution is 5.40. The molecule has 0 saturated carbocycles. The van der Waals surface area contributed by atoms with Crippen molar-refractivity contribution in [3.05, 3.63) is 22.2 Å². The summed E-state index contributed by atoms with van der Waals surface area (Å²) in [5.74, 6) is 2.22. The van der Waals surface area contributed by atoms with Crippen molar-refractivity contribution < 1.29 is 0 Å². The van der Waals surface area contributed by atoms with Crippen molar-refractivity contribution in [3.8, 4) is 0 Å². The van der Waals surface area contributed by atoms with E-state index in [1.807, 2.05) is 6.92 Å². The monoisotopic (exact) mass is 234 g/mol. The van der Waals surface area contributed by atoms with Crippen molar-refractivity contribution in [2.24, 2.45) is 5.92 Å². The topological polar surface area (TPSA) is 61.0 Å². The van der Waals surface area contributed by atoms with Crippen LogP contribution in [-0.4, -0.2) is 35.6 Å². The summed E-state index contributed by atoms with van der Waals surface area (Å²) in [6.45, 7) is 4.94. The van der Waals surface area contributed by atoms with E-state index in [1.54, 1.807) is 6.07 Å². The molecular weight excluding hydrogens is 216 g/mol. The number of aryl methyl sites for hydroxylation is 1. The number of anilines is 1. The number of hydrogen-bond acceptors (Lipinski definition) is 4. The van der Waals surface area contributed by atoms with Crippen molar-refractivity contribution in [1.82, 2.24) is 15.3 Å². The van der Waals surface area contributed by atoms with Gasteiger partial charge in [-0.05, 0) is 32.2 Å².